The molecule has 0 fully saturated rings. The minimum absolute atomic E-state index is 0.224. The molecule has 2 aromatic carbocycles. The first-order chi connectivity index (χ1) is 10.7. The second-order valence-corrected chi connectivity index (χ2v) is 6.86. The standard InChI is InChI=1S/C15H8ClN3OS2/c16-8-5-6-10(13-12(8)17-7-21-13)18-14(20)15-19-9-3-1-2-4-11(9)22-15/h1-7H,(H,18,20). The van der Waals surface area contributed by atoms with Crippen molar-refractivity contribution in [3.8, 4) is 0 Å². The summed E-state index contributed by atoms with van der Waals surface area (Å²) in [6.45, 7) is 0. The second-order valence-electron chi connectivity index (χ2n) is 4.57. The number of benzene rings is 2. The molecule has 0 aliphatic carbocycles. The summed E-state index contributed by atoms with van der Waals surface area (Å²) in [5, 5.41) is 3.91. The number of fused-ring (bicyclic) bond motifs is 2. The molecule has 0 spiro atoms. The number of para-hydroxylation sites is 1. The number of nitrogens with one attached hydrogen (secondary N) is 1. The van der Waals surface area contributed by atoms with Gasteiger partial charge in [0.1, 0.15) is 5.52 Å². The van der Waals surface area contributed by atoms with Crippen LogP contribution in [0.1, 0.15) is 9.80 Å². The van der Waals surface area contributed by atoms with Gasteiger partial charge in [-0.15, -0.1) is 22.7 Å². The van der Waals surface area contributed by atoms with Gasteiger partial charge in [0.15, 0.2) is 5.01 Å². The predicted molar refractivity (Wildman–Crippen MR) is 92.2 cm³/mol. The molecular weight excluding hydrogens is 338 g/mol. The van der Waals surface area contributed by atoms with Gasteiger partial charge in [0.05, 0.1) is 31.1 Å². The van der Waals surface area contributed by atoms with Crippen molar-refractivity contribution in [1.29, 1.82) is 0 Å². The van der Waals surface area contributed by atoms with Gasteiger partial charge in [0.25, 0.3) is 5.91 Å². The molecule has 4 nitrogen and oxygen atoms in total. The monoisotopic (exact) mass is 345 g/mol. The number of halogens is 1. The summed E-state index contributed by atoms with van der Waals surface area (Å²) in [6, 6.07) is 11.2. The van der Waals surface area contributed by atoms with E-state index in [1.54, 1.807) is 17.6 Å². The molecule has 1 amide bonds. The number of carbonyl (C=O) groups is 1. The van der Waals surface area contributed by atoms with Gasteiger partial charge in [-0.1, -0.05) is 23.7 Å². The van der Waals surface area contributed by atoms with E-state index in [-0.39, 0.29) is 5.91 Å². The van der Waals surface area contributed by atoms with E-state index >= 15 is 0 Å². The molecule has 108 valence electrons. The number of hydrogen-bond donors (Lipinski definition) is 1. The lowest BCUT2D eigenvalue weighted by Gasteiger charge is -2.04. The summed E-state index contributed by atoms with van der Waals surface area (Å²) < 4.78 is 1.86. The summed E-state index contributed by atoms with van der Waals surface area (Å²) in [4.78, 5) is 21.0. The highest BCUT2D eigenvalue weighted by atomic mass is 35.5. The van der Waals surface area contributed by atoms with Crippen molar-refractivity contribution in [2.75, 3.05) is 5.32 Å². The Balaban J connectivity index is 1.71. The van der Waals surface area contributed by atoms with Gasteiger partial charge in [0, 0.05) is 0 Å². The highest BCUT2D eigenvalue weighted by molar-refractivity contribution is 7.20. The van der Waals surface area contributed by atoms with Crippen LogP contribution in [-0.2, 0) is 0 Å². The van der Waals surface area contributed by atoms with E-state index in [4.69, 9.17) is 11.6 Å². The van der Waals surface area contributed by atoms with Crippen molar-refractivity contribution in [3.63, 3.8) is 0 Å². The number of carbonyl (C=O) groups excluding carboxylic acids is 1. The van der Waals surface area contributed by atoms with E-state index in [2.05, 4.69) is 15.3 Å². The Kier molecular flexibility index (Phi) is 3.29. The van der Waals surface area contributed by atoms with Gasteiger partial charge in [-0.3, -0.25) is 4.79 Å². The predicted octanol–water partition coefficient (Wildman–Crippen LogP) is 4.81. The smallest absolute Gasteiger partial charge is 0.284 e. The van der Waals surface area contributed by atoms with Gasteiger partial charge < -0.3 is 5.32 Å². The van der Waals surface area contributed by atoms with E-state index in [1.165, 1.54) is 22.7 Å². The van der Waals surface area contributed by atoms with Crippen LogP contribution in [0.3, 0.4) is 0 Å². The summed E-state index contributed by atoms with van der Waals surface area (Å²) in [7, 11) is 0. The summed E-state index contributed by atoms with van der Waals surface area (Å²) in [5.74, 6) is -0.224. The van der Waals surface area contributed by atoms with E-state index < -0.39 is 0 Å². The van der Waals surface area contributed by atoms with Crippen LogP contribution >= 0.6 is 34.3 Å². The average molecular weight is 346 g/mol. The molecule has 0 unspecified atom stereocenters. The Labute approximate surface area is 138 Å². The zero-order valence-electron chi connectivity index (χ0n) is 11.0. The molecule has 0 radical (unpaired) electrons. The van der Waals surface area contributed by atoms with Crippen molar-refractivity contribution < 1.29 is 4.79 Å². The van der Waals surface area contributed by atoms with Crippen LogP contribution in [0.15, 0.2) is 41.9 Å². The van der Waals surface area contributed by atoms with Gasteiger partial charge in [-0.05, 0) is 24.3 Å². The van der Waals surface area contributed by atoms with Gasteiger partial charge in [-0.2, -0.15) is 0 Å². The molecule has 4 aromatic rings. The quantitative estimate of drug-likeness (QED) is 0.567. The van der Waals surface area contributed by atoms with Crippen LogP contribution in [-0.4, -0.2) is 15.9 Å². The fraction of sp³-hybridized carbons (Fsp3) is 0. The molecule has 0 saturated carbocycles. The first kappa shape index (κ1) is 13.6. The van der Waals surface area contributed by atoms with E-state index in [9.17, 15) is 4.79 Å². The topological polar surface area (TPSA) is 54.9 Å². The van der Waals surface area contributed by atoms with Crippen molar-refractivity contribution in [2.45, 2.75) is 0 Å². The highest BCUT2D eigenvalue weighted by Crippen LogP contribution is 2.32. The van der Waals surface area contributed by atoms with Gasteiger partial charge >= 0.3 is 0 Å². The number of thiazole rings is 2. The lowest BCUT2D eigenvalue weighted by Crippen LogP contribution is -2.11. The number of nitrogens with zero attached hydrogens (tertiary/aromatic N) is 2. The highest BCUT2D eigenvalue weighted by Gasteiger charge is 2.15. The minimum Gasteiger partial charge on any atom is -0.319 e. The third-order valence-electron chi connectivity index (χ3n) is 3.17. The van der Waals surface area contributed by atoms with Crippen LogP contribution in [0, 0.1) is 0 Å². The molecular formula is C15H8ClN3OS2. The minimum atomic E-state index is -0.224. The van der Waals surface area contributed by atoms with E-state index in [1.807, 2.05) is 24.3 Å². The number of amides is 1. The zero-order chi connectivity index (χ0) is 15.1. The molecule has 0 bridgehead atoms. The maximum Gasteiger partial charge on any atom is 0.284 e. The lowest BCUT2D eigenvalue weighted by atomic mass is 10.3. The number of hydrogen-bond acceptors (Lipinski definition) is 5. The van der Waals surface area contributed by atoms with E-state index in [0.717, 1.165) is 14.9 Å². The molecule has 22 heavy (non-hydrogen) atoms. The van der Waals surface area contributed by atoms with Crippen molar-refractivity contribution in [1.82, 2.24) is 9.97 Å². The molecule has 2 heterocycles. The maximum absolute atomic E-state index is 12.4. The SMILES string of the molecule is O=C(Nc1ccc(Cl)c2ncsc12)c1nc2ccccc2s1. The second kappa shape index (κ2) is 5.31. The number of aromatic nitrogens is 2. The molecule has 0 atom stereocenters. The fourth-order valence-electron chi connectivity index (χ4n) is 2.16. The van der Waals surface area contributed by atoms with Crippen LogP contribution in [0.4, 0.5) is 5.69 Å². The average Bonchev–Trinajstić information content (AvgIpc) is 3.16. The first-order valence-corrected chi connectivity index (χ1v) is 8.48. The van der Waals surface area contributed by atoms with Crippen molar-refractivity contribution in [2.24, 2.45) is 0 Å². The van der Waals surface area contributed by atoms with Crippen LogP contribution in [0.5, 0.6) is 0 Å². The van der Waals surface area contributed by atoms with Crippen LogP contribution in [0.2, 0.25) is 5.02 Å². The summed E-state index contributed by atoms with van der Waals surface area (Å²) in [5.41, 5.74) is 3.95. The number of rotatable bonds is 2. The van der Waals surface area contributed by atoms with Crippen LogP contribution < -0.4 is 5.32 Å². The largest absolute Gasteiger partial charge is 0.319 e. The molecule has 0 aliphatic heterocycles. The third kappa shape index (κ3) is 2.25. The Bertz CT molecular complexity index is 975. The maximum atomic E-state index is 12.4. The molecule has 7 heteroatoms. The van der Waals surface area contributed by atoms with Gasteiger partial charge in [-0.25, -0.2) is 9.97 Å². The number of anilines is 1. The molecule has 0 saturated heterocycles. The van der Waals surface area contributed by atoms with Crippen LogP contribution in [0.25, 0.3) is 20.4 Å². The third-order valence-corrected chi connectivity index (χ3v) is 5.37. The lowest BCUT2D eigenvalue weighted by molar-refractivity contribution is 0.102. The Hall–Kier alpha value is -2.02. The summed E-state index contributed by atoms with van der Waals surface area (Å²) >= 11 is 8.92. The molecule has 2 aromatic heterocycles. The Morgan fingerprint density at radius 1 is 1.18 bits per heavy atom. The van der Waals surface area contributed by atoms with Gasteiger partial charge in [0.2, 0.25) is 0 Å². The van der Waals surface area contributed by atoms with E-state index in [0.29, 0.717) is 21.2 Å². The Morgan fingerprint density at radius 2 is 2.05 bits per heavy atom. The normalized spacial score (nSPS) is 11.1. The zero-order valence-corrected chi connectivity index (χ0v) is 13.4. The first-order valence-electron chi connectivity index (χ1n) is 6.41. The molecule has 4 rings (SSSR count). The molecule has 0 aliphatic rings. The molecule has 1 N–H and O–H groups in total. The summed E-state index contributed by atoms with van der Waals surface area (Å²) in [6.07, 6.45) is 0. The van der Waals surface area contributed by atoms with Crippen molar-refractivity contribution >= 4 is 66.3 Å². The fourth-order valence-corrected chi connectivity index (χ4v) is 4.07. The van der Waals surface area contributed by atoms with Crippen molar-refractivity contribution in [3.05, 3.63) is 51.9 Å². The Morgan fingerprint density at radius 3 is 2.91 bits per heavy atom.